The predicted molar refractivity (Wildman–Crippen MR) is 54.9 cm³/mol. The molecule has 1 unspecified atom stereocenters. The number of aryl methyl sites for hydroxylation is 2. The van der Waals surface area contributed by atoms with Crippen molar-refractivity contribution in [1.82, 2.24) is 0 Å². The average Bonchev–Trinajstić information content (AvgIpc) is 2.13. The number of carboxylic acid groups (broad SMARTS) is 1. The van der Waals surface area contributed by atoms with Crippen LogP contribution in [0.2, 0.25) is 0 Å². The van der Waals surface area contributed by atoms with Crippen LogP contribution in [-0.4, -0.2) is 27.4 Å². The van der Waals surface area contributed by atoms with E-state index in [-0.39, 0.29) is 12.2 Å². The number of phenolic OH excluding ortho intramolecular Hbond substituents is 1. The molecule has 82 valence electrons. The molecule has 4 heteroatoms. The molecule has 0 aliphatic rings. The summed E-state index contributed by atoms with van der Waals surface area (Å²) in [5.41, 5.74) is 2.34. The minimum Gasteiger partial charge on any atom is -0.508 e. The minimum atomic E-state index is -1.47. The Morgan fingerprint density at radius 1 is 1.33 bits per heavy atom. The normalized spacial score (nSPS) is 12.5. The van der Waals surface area contributed by atoms with Gasteiger partial charge in [0.2, 0.25) is 0 Å². The van der Waals surface area contributed by atoms with Gasteiger partial charge in [-0.25, -0.2) is 4.79 Å². The number of carbonyl (C=O) groups is 1. The topological polar surface area (TPSA) is 77.8 Å². The predicted octanol–water partition coefficient (Wildman–Crippen LogP) is 0.997. The third-order valence-corrected chi connectivity index (χ3v) is 2.39. The van der Waals surface area contributed by atoms with Crippen molar-refractivity contribution >= 4 is 5.97 Å². The van der Waals surface area contributed by atoms with Crippen molar-refractivity contribution in [2.45, 2.75) is 26.4 Å². The number of hydrogen-bond donors (Lipinski definition) is 3. The molecule has 1 aromatic rings. The first-order valence-corrected chi connectivity index (χ1v) is 4.61. The van der Waals surface area contributed by atoms with Crippen LogP contribution in [0.3, 0.4) is 0 Å². The highest BCUT2D eigenvalue weighted by Crippen LogP contribution is 2.23. The lowest BCUT2D eigenvalue weighted by Gasteiger charge is -2.10. The first-order valence-electron chi connectivity index (χ1n) is 4.61. The Bertz CT molecular complexity index is 384. The molecular formula is C11H14O4. The van der Waals surface area contributed by atoms with E-state index >= 15 is 0 Å². The summed E-state index contributed by atoms with van der Waals surface area (Å²) in [7, 11) is 0. The van der Waals surface area contributed by atoms with Gasteiger partial charge in [0.15, 0.2) is 6.10 Å². The van der Waals surface area contributed by atoms with Crippen LogP contribution in [0.1, 0.15) is 16.7 Å². The zero-order valence-electron chi connectivity index (χ0n) is 8.69. The van der Waals surface area contributed by atoms with Gasteiger partial charge in [0.1, 0.15) is 5.75 Å². The summed E-state index contributed by atoms with van der Waals surface area (Å²) in [6.07, 6.45) is -1.56. The van der Waals surface area contributed by atoms with Gasteiger partial charge >= 0.3 is 5.97 Å². The Balaban J connectivity index is 2.95. The van der Waals surface area contributed by atoms with Crippen molar-refractivity contribution in [3.8, 4) is 5.75 Å². The number of aromatic hydroxyl groups is 1. The van der Waals surface area contributed by atoms with Gasteiger partial charge in [-0.2, -0.15) is 0 Å². The number of rotatable bonds is 3. The third kappa shape index (κ3) is 2.70. The second-order valence-electron chi connectivity index (χ2n) is 3.62. The monoisotopic (exact) mass is 210 g/mol. The summed E-state index contributed by atoms with van der Waals surface area (Å²) in [6.45, 7) is 3.72. The van der Waals surface area contributed by atoms with Crippen molar-refractivity contribution < 1.29 is 20.1 Å². The third-order valence-electron chi connectivity index (χ3n) is 2.39. The van der Waals surface area contributed by atoms with E-state index in [0.29, 0.717) is 5.56 Å². The largest absolute Gasteiger partial charge is 0.508 e. The second kappa shape index (κ2) is 4.31. The molecule has 0 amide bonds. The number of carboxylic acids is 1. The average molecular weight is 210 g/mol. The fraction of sp³-hybridized carbons (Fsp3) is 0.364. The summed E-state index contributed by atoms with van der Waals surface area (Å²) in [5.74, 6) is -1.26. The molecule has 0 heterocycles. The summed E-state index contributed by atoms with van der Waals surface area (Å²) in [6, 6.07) is 3.26. The smallest absolute Gasteiger partial charge is 0.332 e. The lowest BCUT2D eigenvalue weighted by atomic mass is 10.0. The van der Waals surface area contributed by atoms with E-state index in [0.717, 1.165) is 11.1 Å². The van der Waals surface area contributed by atoms with Gasteiger partial charge in [-0.3, -0.25) is 0 Å². The molecule has 0 radical (unpaired) electrons. The molecule has 1 atom stereocenters. The molecule has 0 aromatic heterocycles. The molecule has 0 aliphatic carbocycles. The zero-order valence-corrected chi connectivity index (χ0v) is 8.69. The van der Waals surface area contributed by atoms with Crippen molar-refractivity contribution in [2.75, 3.05) is 0 Å². The fourth-order valence-electron chi connectivity index (χ4n) is 1.32. The van der Waals surface area contributed by atoms with E-state index in [1.165, 1.54) is 0 Å². The maximum absolute atomic E-state index is 10.4. The summed E-state index contributed by atoms with van der Waals surface area (Å²) >= 11 is 0. The van der Waals surface area contributed by atoms with Gasteiger partial charge < -0.3 is 15.3 Å². The highest BCUT2D eigenvalue weighted by Gasteiger charge is 2.16. The number of phenols is 1. The number of aliphatic hydroxyl groups is 1. The Morgan fingerprint density at radius 3 is 2.40 bits per heavy atom. The van der Waals surface area contributed by atoms with Crippen LogP contribution in [0.15, 0.2) is 12.1 Å². The standard InChI is InChI=1S/C11H14O4/c1-6-3-8(5-10(13)11(14)15)9(12)4-7(6)2/h3-4,10,12-13H,5H2,1-2H3,(H,14,15). The van der Waals surface area contributed by atoms with Crippen molar-refractivity contribution in [2.24, 2.45) is 0 Å². The molecule has 0 bridgehead atoms. The van der Waals surface area contributed by atoms with Crippen molar-refractivity contribution in [3.63, 3.8) is 0 Å². The maximum atomic E-state index is 10.4. The van der Waals surface area contributed by atoms with Gasteiger partial charge in [-0.1, -0.05) is 6.07 Å². The van der Waals surface area contributed by atoms with Crippen LogP contribution in [0.25, 0.3) is 0 Å². The first kappa shape index (κ1) is 11.5. The molecule has 0 spiro atoms. The SMILES string of the molecule is Cc1cc(O)c(CC(O)C(=O)O)cc1C. The lowest BCUT2D eigenvalue weighted by Crippen LogP contribution is -2.22. The highest BCUT2D eigenvalue weighted by molar-refractivity contribution is 5.72. The van der Waals surface area contributed by atoms with E-state index in [2.05, 4.69) is 0 Å². The van der Waals surface area contributed by atoms with Gasteiger partial charge in [-0.05, 0) is 36.6 Å². The first-order chi connectivity index (χ1) is 6.91. The van der Waals surface area contributed by atoms with Crippen molar-refractivity contribution in [3.05, 3.63) is 28.8 Å². The van der Waals surface area contributed by atoms with Crippen LogP contribution < -0.4 is 0 Å². The van der Waals surface area contributed by atoms with Crippen LogP contribution in [-0.2, 0) is 11.2 Å². The quantitative estimate of drug-likeness (QED) is 0.695. The molecule has 15 heavy (non-hydrogen) atoms. The highest BCUT2D eigenvalue weighted by atomic mass is 16.4. The van der Waals surface area contributed by atoms with Crippen LogP contribution >= 0.6 is 0 Å². The summed E-state index contributed by atoms with van der Waals surface area (Å²) < 4.78 is 0. The van der Waals surface area contributed by atoms with E-state index in [1.807, 2.05) is 13.8 Å². The van der Waals surface area contributed by atoms with Gasteiger partial charge in [-0.15, -0.1) is 0 Å². The van der Waals surface area contributed by atoms with Gasteiger partial charge in [0, 0.05) is 6.42 Å². The second-order valence-corrected chi connectivity index (χ2v) is 3.62. The number of hydrogen-bond acceptors (Lipinski definition) is 3. The van der Waals surface area contributed by atoms with E-state index in [1.54, 1.807) is 12.1 Å². The lowest BCUT2D eigenvalue weighted by molar-refractivity contribution is -0.146. The number of aliphatic carboxylic acids is 1. The molecule has 0 aliphatic heterocycles. The molecule has 0 saturated carbocycles. The molecular weight excluding hydrogens is 196 g/mol. The van der Waals surface area contributed by atoms with Crippen LogP contribution in [0, 0.1) is 13.8 Å². The Kier molecular flexibility index (Phi) is 3.31. The molecule has 0 fully saturated rings. The molecule has 1 aromatic carbocycles. The Labute approximate surface area is 87.8 Å². The van der Waals surface area contributed by atoms with Gasteiger partial charge in [0.05, 0.1) is 0 Å². The Hall–Kier alpha value is -1.55. The van der Waals surface area contributed by atoms with E-state index < -0.39 is 12.1 Å². The van der Waals surface area contributed by atoms with Crippen LogP contribution in [0.5, 0.6) is 5.75 Å². The van der Waals surface area contributed by atoms with E-state index in [9.17, 15) is 9.90 Å². The Morgan fingerprint density at radius 2 is 1.87 bits per heavy atom. The molecule has 1 rings (SSSR count). The minimum absolute atomic E-state index is 0.0263. The number of aliphatic hydroxyl groups excluding tert-OH is 1. The van der Waals surface area contributed by atoms with Crippen LogP contribution in [0.4, 0.5) is 0 Å². The molecule has 4 nitrogen and oxygen atoms in total. The van der Waals surface area contributed by atoms with E-state index in [4.69, 9.17) is 10.2 Å². The van der Waals surface area contributed by atoms with Gasteiger partial charge in [0.25, 0.3) is 0 Å². The molecule has 0 saturated heterocycles. The van der Waals surface area contributed by atoms with Crippen molar-refractivity contribution in [1.29, 1.82) is 0 Å². The fourth-order valence-corrected chi connectivity index (χ4v) is 1.32. The maximum Gasteiger partial charge on any atom is 0.332 e. The summed E-state index contributed by atoms with van der Waals surface area (Å²) in [4.78, 5) is 10.4. The number of benzene rings is 1. The molecule has 3 N–H and O–H groups in total. The summed E-state index contributed by atoms with van der Waals surface area (Å²) in [5, 5.41) is 27.2. The zero-order chi connectivity index (χ0) is 11.6.